The van der Waals surface area contributed by atoms with E-state index in [1.165, 1.54) is 0 Å². The molecule has 5 heteroatoms. The number of rotatable bonds is 5. The van der Waals surface area contributed by atoms with Crippen LogP contribution in [0.4, 0.5) is 0 Å². The van der Waals surface area contributed by atoms with Crippen molar-refractivity contribution in [3.05, 3.63) is 45.7 Å². The summed E-state index contributed by atoms with van der Waals surface area (Å²) in [4.78, 5) is 21.2. The number of hydrogen-bond donors (Lipinski definition) is 1. The highest BCUT2D eigenvalue weighted by Gasteiger charge is 2.34. The van der Waals surface area contributed by atoms with E-state index >= 15 is 0 Å². The van der Waals surface area contributed by atoms with Gasteiger partial charge in [0.2, 0.25) is 5.91 Å². The van der Waals surface area contributed by atoms with Gasteiger partial charge in [-0.15, -0.1) is 11.3 Å². The first-order valence-electron chi connectivity index (χ1n) is 7.26. The van der Waals surface area contributed by atoms with E-state index in [1.807, 2.05) is 37.4 Å². The Morgan fingerprint density at radius 2 is 2.19 bits per heavy atom. The lowest BCUT2D eigenvalue weighted by Gasteiger charge is -2.18. The fraction of sp³-hybridized carbons (Fsp3) is 0.438. The van der Waals surface area contributed by atoms with E-state index in [0.29, 0.717) is 12.3 Å². The first-order valence-corrected chi connectivity index (χ1v) is 8.14. The molecule has 1 aliphatic carbocycles. The Morgan fingerprint density at radius 1 is 1.38 bits per heavy atom. The summed E-state index contributed by atoms with van der Waals surface area (Å²) in [6.45, 7) is 3.93. The Balaban J connectivity index is 1.69. The van der Waals surface area contributed by atoms with E-state index in [9.17, 15) is 4.79 Å². The fourth-order valence-electron chi connectivity index (χ4n) is 2.48. The number of hydrogen-bond acceptors (Lipinski definition) is 4. The molecule has 1 unspecified atom stereocenters. The molecule has 1 aliphatic rings. The van der Waals surface area contributed by atoms with Crippen molar-refractivity contribution in [1.82, 2.24) is 15.3 Å². The van der Waals surface area contributed by atoms with Crippen LogP contribution in [0.1, 0.15) is 41.0 Å². The lowest BCUT2D eigenvalue weighted by atomic mass is 10.1. The predicted molar refractivity (Wildman–Crippen MR) is 83.1 cm³/mol. The molecular formula is C16H19N3OS. The third-order valence-corrected chi connectivity index (χ3v) is 4.47. The van der Waals surface area contributed by atoms with Gasteiger partial charge in [0, 0.05) is 11.1 Å². The van der Waals surface area contributed by atoms with Crippen LogP contribution in [-0.2, 0) is 11.2 Å². The van der Waals surface area contributed by atoms with Gasteiger partial charge in [0.05, 0.1) is 28.9 Å². The number of nitrogens with one attached hydrogen (secondary N) is 1. The number of carbonyl (C=O) groups excluding carboxylic acids is 1. The van der Waals surface area contributed by atoms with Crippen molar-refractivity contribution in [2.24, 2.45) is 5.92 Å². The highest BCUT2D eigenvalue weighted by molar-refractivity contribution is 7.09. The SMILES string of the molecule is Cc1cccc(C(NC(=O)Cc2csc(C)n2)C2CC2)n1. The molecule has 3 rings (SSSR count). The molecule has 4 nitrogen and oxygen atoms in total. The summed E-state index contributed by atoms with van der Waals surface area (Å²) in [6, 6.07) is 6.02. The fourth-order valence-corrected chi connectivity index (χ4v) is 3.09. The quantitative estimate of drug-likeness (QED) is 0.923. The molecule has 1 atom stereocenters. The smallest absolute Gasteiger partial charge is 0.226 e. The highest BCUT2D eigenvalue weighted by atomic mass is 32.1. The molecule has 0 saturated heterocycles. The molecule has 2 heterocycles. The number of thiazole rings is 1. The summed E-state index contributed by atoms with van der Waals surface area (Å²) in [5.74, 6) is 0.556. The number of aromatic nitrogens is 2. The molecule has 1 amide bonds. The van der Waals surface area contributed by atoms with Gasteiger partial charge in [0.25, 0.3) is 0 Å². The van der Waals surface area contributed by atoms with Crippen LogP contribution in [0.5, 0.6) is 0 Å². The normalized spacial score (nSPS) is 15.7. The van der Waals surface area contributed by atoms with E-state index in [-0.39, 0.29) is 11.9 Å². The number of aryl methyl sites for hydroxylation is 2. The zero-order valence-corrected chi connectivity index (χ0v) is 13.1. The summed E-state index contributed by atoms with van der Waals surface area (Å²) in [6.07, 6.45) is 2.67. The molecule has 2 aromatic heterocycles. The Labute approximate surface area is 128 Å². The molecule has 1 N–H and O–H groups in total. The molecule has 0 spiro atoms. The van der Waals surface area contributed by atoms with Gasteiger partial charge in [-0.2, -0.15) is 0 Å². The van der Waals surface area contributed by atoms with E-state index in [4.69, 9.17) is 0 Å². The lowest BCUT2D eigenvalue weighted by molar-refractivity contribution is -0.121. The second kappa shape index (κ2) is 5.93. The third-order valence-electron chi connectivity index (χ3n) is 3.65. The summed E-state index contributed by atoms with van der Waals surface area (Å²) in [5.41, 5.74) is 2.81. The van der Waals surface area contributed by atoms with E-state index in [2.05, 4.69) is 15.3 Å². The van der Waals surface area contributed by atoms with Gasteiger partial charge in [0.1, 0.15) is 0 Å². The summed E-state index contributed by atoms with van der Waals surface area (Å²) in [5, 5.41) is 6.09. The zero-order valence-electron chi connectivity index (χ0n) is 12.3. The predicted octanol–water partition coefficient (Wildman–Crippen LogP) is 2.96. The minimum Gasteiger partial charge on any atom is -0.347 e. The molecule has 0 bridgehead atoms. The van der Waals surface area contributed by atoms with Gasteiger partial charge < -0.3 is 5.32 Å². The van der Waals surface area contributed by atoms with Crippen LogP contribution in [0.15, 0.2) is 23.6 Å². The van der Waals surface area contributed by atoms with Crippen LogP contribution in [-0.4, -0.2) is 15.9 Å². The molecular weight excluding hydrogens is 282 g/mol. The average molecular weight is 301 g/mol. The maximum absolute atomic E-state index is 12.2. The van der Waals surface area contributed by atoms with Crippen LogP contribution in [0.2, 0.25) is 0 Å². The summed E-state index contributed by atoms with van der Waals surface area (Å²) >= 11 is 1.58. The molecule has 2 aromatic rings. The molecule has 0 aromatic carbocycles. The van der Waals surface area contributed by atoms with Crippen molar-refractivity contribution in [3.8, 4) is 0 Å². The van der Waals surface area contributed by atoms with Gasteiger partial charge in [0.15, 0.2) is 0 Å². The maximum Gasteiger partial charge on any atom is 0.226 e. The summed E-state index contributed by atoms with van der Waals surface area (Å²) in [7, 11) is 0. The van der Waals surface area contributed by atoms with Gasteiger partial charge in [-0.25, -0.2) is 4.98 Å². The molecule has 21 heavy (non-hydrogen) atoms. The second-order valence-electron chi connectivity index (χ2n) is 5.62. The minimum absolute atomic E-state index is 0.0282. The standard InChI is InChI=1S/C16H19N3OS/c1-10-4-3-5-14(17-10)16(12-6-7-12)19-15(20)8-13-9-21-11(2)18-13/h3-5,9,12,16H,6-8H2,1-2H3,(H,19,20). The number of amides is 1. The Kier molecular flexibility index (Phi) is 4.01. The van der Waals surface area contributed by atoms with Crippen molar-refractivity contribution < 1.29 is 4.79 Å². The van der Waals surface area contributed by atoms with Crippen LogP contribution >= 0.6 is 11.3 Å². The van der Waals surface area contributed by atoms with Crippen molar-refractivity contribution >= 4 is 17.2 Å². The first-order chi connectivity index (χ1) is 10.1. The molecule has 0 radical (unpaired) electrons. The van der Waals surface area contributed by atoms with E-state index < -0.39 is 0 Å². The van der Waals surface area contributed by atoms with Crippen LogP contribution < -0.4 is 5.32 Å². The monoisotopic (exact) mass is 301 g/mol. The average Bonchev–Trinajstić information content (AvgIpc) is 3.20. The maximum atomic E-state index is 12.2. The van der Waals surface area contributed by atoms with Crippen LogP contribution in [0.3, 0.4) is 0 Å². The van der Waals surface area contributed by atoms with Crippen molar-refractivity contribution in [2.75, 3.05) is 0 Å². The van der Waals surface area contributed by atoms with Gasteiger partial charge in [-0.1, -0.05) is 6.07 Å². The minimum atomic E-state index is 0.0282. The topological polar surface area (TPSA) is 54.9 Å². The summed E-state index contributed by atoms with van der Waals surface area (Å²) < 4.78 is 0. The molecule has 1 saturated carbocycles. The van der Waals surface area contributed by atoms with Crippen molar-refractivity contribution in [3.63, 3.8) is 0 Å². The van der Waals surface area contributed by atoms with Gasteiger partial charge in [-0.3, -0.25) is 9.78 Å². The molecule has 1 fully saturated rings. The first kappa shape index (κ1) is 14.2. The molecule has 0 aliphatic heterocycles. The van der Waals surface area contributed by atoms with Crippen LogP contribution in [0, 0.1) is 19.8 Å². The van der Waals surface area contributed by atoms with Gasteiger partial charge in [-0.05, 0) is 44.7 Å². The third kappa shape index (κ3) is 3.67. The lowest BCUT2D eigenvalue weighted by Crippen LogP contribution is -2.31. The van der Waals surface area contributed by atoms with E-state index in [0.717, 1.165) is 34.9 Å². The number of carbonyl (C=O) groups is 1. The molecule has 110 valence electrons. The van der Waals surface area contributed by atoms with Gasteiger partial charge >= 0.3 is 0 Å². The van der Waals surface area contributed by atoms with Crippen LogP contribution in [0.25, 0.3) is 0 Å². The second-order valence-corrected chi connectivity index (χ2v) is 6.68. The highest BCUT2D eigenvalue weighted by Crippen LogP contribution is 2.40. The Hall–Kier alpha value is -1.75. The largest absolute Gasteiger partial charge is 0.347 e. The zero-order chi connectivity index (χ0) is 14.8. The van der Waals surface area contributed by atoms with Crippen molar-refractivity contribution in [1.29, 1.82) is 0 Å². The van der Waals surface area contributed by atoms with Crippen molar-refractivity contribution in [2.45, 2.75) is 39.2 Å². The van der Waals surface area contributed by atoms with E-state index in [1.54, 1.807) is 11.3 Å². The Bertz CT molecular complexity index is 648. The number of pyridine rings is 1. The Morgan fingerprint density at radius 3 is 2.81 bits per heavy atom. The number of nitrogens with zero attached hydrogens (tertiary/aromatic N) is 2.